The number of benzene rings is 2. The van der Waals surface area contributed by atoms with E-state index in [-0.39, 0.29) is 5.41 Å². The fourth-order valence-electron chi connectivity index (χ4n) is 4.01. The van der Waals surface area contributed by atoms with Crippen LogP contribution in [0.25, 0.3) is 32.1 Å². The minimum absolute atomic E-state index is 0.285. The van der Waals surface area contributed by atoms with E-state index in [0.29, 0.717) is 5.92 Å². The van der Waals surface area contributed by atoms with E-state index in [2.05, 4.69) is 84.0 Å². The van der Waals surface area contributed by atoms with E-state index in [1.807, 2.05) is 17.5 Å². The molecule has 0 atom stereocenters. The first kappa shape index (κ1) is 19.1. The molecular formula is C26H29NS. The molecule has 2 heteroatoms. The summed E-state index contributed by atoms with van der Waals surface area (Å²) < 4.78 is 1.32. The van der Waals surface area contributed by atoms with Crippen LogP contribution in [0.15, 0.2) is 48.7 Å². The number of hydrogen-bond acceptors (Lipinski definition) is 2. The number of aryl methyl sites for hydroxylation is 1. The lowest BCUT2D eigenvalue weighted by Gasteiger charge is -2.17. The van der Waals surface area contributed by atoms with Crippen LogP contribution in [0.4, 0.5) is 0 Å². The van der Waals surface area contributed by atoms with Crippen LogP contribution in [0.2, 0.25) is 0 Å². The van der Waals surface area contributed by atoms with Gasteiger partial charge in [-0.25, -0.2) is 0 Å². The van der Waals surface area contributed by atoms with E-state index in [9.17, 15) is 0 Å². The van der Waals surface area contributed by atoms with Crippen molar-refractivity contribution in [3.8, 4) is 11.3 Å². The van der Waals surface area contributed by atoms with Gasteiger partial charge >= 0.3 is 0 Å². The Balaban J connectivity index is 1.96. The minimum Gasteiger partial charge on any atom is -0.255 e. The Labute approximate surface area is 172 Å². The van der Waals surface area contributed by atoms with E-state index < -0.39 is 0 Å². The van der Waals surface area contributed by atoms with Crippen molar-refractivity contribution in [3.05, 3.63) is 64.7 Å². The van der Waals surface area contributed by atoms with Crippen LogP contribution < -0.4 is 0 Å². The summed E-state index contributed by atoms with van der Waals surface area (Å²) in [6.07, 6.45) is 3.08. The third kappa shape index (κ3) is 3.46. The lowest BCUT2D eigenvalue weighted by Crippen LogP contribution is -2.08. The zero-order valence-electron chi connectivity index (χ0n) is 17.8. The maximum Gasteiger partial charge on any atom is 0.0880 e. The second-order valence-electron chi connectivity index (χ2n) is 9.37. The Hall–Kier alpha value is -2.19. The summed E-state index contributed by atoms with van der Waals surface area (Å²) in [5.74, 6) is 0.477. The smallest absolute Gasteiger partial charge is 0.0880 e. The fraction of sp³-hybridized carbons (Fsp3) is 0.346. The number of fused-ring (bicyclic) bond motifs is 2. The Morgan fingerprint density at radius 3 is 2.46 bits per heavy atom. The van der Waals surface area contributed by atoms with Gasteiger partial charge in [-0.15, -0.1) is 11.3 Å². The van der Waals surface area contributed by atoms with E-state index in [1.54, 1.807) is 0 Å². The van der Waals surface area contributed by atoms with Crippen LogP contribution in [0.3, 0.4) is 0 Å². The molecule has 0 aliphatic rings. The van der Waals surface area contributed by atoms with E-state index in [1.165, 1.54) is 42.4 Å². The van der Waals surface area contributed by atoms with Gasteiger partial charge < -0.3 is 0 Å². The highest BCUT2D eigenvalue weighted by Crippen LogP contribution is 2.40. The summed E-state index contributed by atoms with van der Waals surface area (Å²) >= 11 is 1.93. The molecule has 0 unspecified atom stereocenters. The molecule has 0 saturated heterocycles. The highest BCUT2D eigenvalue weighted by atomic mass is 32.1. The van der Waals surface area contributed by atoms with Crippen molar-refractivity contribution in [3.63, 3.8) is 0 Å². The lowest BCUT2D eigenvalue weighted by molar-refractivity contribution is 0.414. The molecular weight excluding hydrogens is 358 g/mol. The zero-order chi connectivity index (χ0) is 20.1. The molecule has 4 aromatic rings. The molecule has 0 radical (unpaired) electrons. The molecule has 0 aliphatic heterocycles. The second-order valence-corrected chi connectivity index (χ2v) is 10.5. The van der Waals surface area contributed by atoms with Crippen molar-refractivity contribution in [2.75, 3.05) is 0 Å². The van der Waals surface area contributed by atoms with Crippen LogP contribution in [-0.2, 0) is 6.42 Å². The average Bonchev–Trinajstić information content (AvgIpc) is 2.95. The number of thiophene rings is 1. The largest absolute Gasteiger partial charge is 0.255 e. The van der Waals surface area contributed by atoms with E-state index in [4.69, 9.17) is 4.98 Å². The molecule has 2 heterocycles. The maximum atomic E-state index is 4.85. The van der Waals surface area contributed by atoms with Gasteiger partial charge in [0, 0.05) is 16.6 Å². The average molecular weight is 388 g/mol. The molecule has 0 fully saturated rings. The third-order valence-electron chi connectivity index (χ3n) is 5.43. The summed E-state index contributed by atoms with van der Waals surface area (Å²) in [4.78, 5) is 6.33. The standard InChI is InChI=1S/C26H29NS/c1-16(2)22-14-19(13-18-9-7-8-10-21(18)22)24-25-20(11-12-27-24)17(3)23(28-25)15-26(4,5)6/h7-14,16H,15H2,1-6H3. The Bertz CT molecular complexity index is 1160. The monoisotopic (exact) mass is 387 g/mol. The van der Waals surface area contributed by atoms with Gasteiger partial charge in [0.1, 0.15) is 0 Å². The lowest BCUT2D eigenvalue weighted by atomic mass is 9.90. The predicted octanol–water partition coefficient (Wildman–Crippen LogP) is 8.14. The first-order valence-corrected chi connectivity index (χ1v) is 11.0. The highest BCUT2D eigenvalue weighted by molar-refractivity contribution is 7.19. The molecule has 2 aromatic carbocycles. The first-order chi connectivity index (χ1) is 13.2. The Morgan fingerprint density at radius 2 is 1.75 bits per heavy atom. The van der Waals surface area contributed by atoms with Gasteiger partial charge in [-0.2, -0.15) is 0 Å². The molecule has 0 saturated carbocycles. The molecule has 1 nitrogen and oxygen atoms in total. The second kappa shape index (κ2) is 7.00. The molecule has 0 N–H and O–H groups in total. The van der Waals surface area contributed by atoms with Gasteiger partial charge in [-0.3, -0.25) is 4.98 Å². The van der Waals surface area contributed by atoms with Crippen molar-refractivity contribution in [1.82, 2.24) is 4.98 Å². The molecule has 0 aliphatic carbocycles. The highest BCUT2D eigenvalue weighted by Gasteiger charge is 2.19. The van der Waals surface area contributed by atoms with Crippen molar-refractivity contribution in [2.45, 2.75) is 53.9 Å². The number of hydrogen-bond donors (Lipinski definition) is 0. The van der Waals surface area contributed by atoms with Crippen LogP contribution >= 0.6 is 11.3 Å². The topological polar surface area (TPSA) is 12.9 Å². The molecule has 4 rings (SSSR count). The number of nitrogens with zero attached hydrogens (tertiary/aromatic N) is 1. The van der Waals surface area contributed by atoms with E-state index in [0.717, 1.165) is 12.1 Å². The molecule has 28 heavy (non-hydrogen) atoms. The number of aromatic nitrogens is 1. The van der Waals surface area contributed by atoms with Gasteiger partial charge in [0.25, 0.3) is 0 Å². The predicted molar refractivity (Wildman–Crippen MR) is 125 cm³/mol. The van der Waals surface area contributed by atoms with Gasteiger partial charge in [0.05, 0.1) is 10.4 Å². The summed E-state index contributed by atoms with van der Waals surface area (Å²) in [6, 6.07) is 15.6. The van der Waals surface area contributed by atoms with Crippen LogP contribution in [-0.4, -0.2) is 4.98 Å². The minimum atomic E-state index is 0.285. The van der Waals surface area contributed by atoms with E-state index >= 15 is 0 Å². The van der Waals surface area contributed by atoms with Crippen molar-refractivity contribution in [2.24, 2.45) is 5.41 Å². The van der Waals surface area contributed by atoms with Gasteiger partial charge in [-0.05, 0) is 70.2 Å². The van der Waals surface area contributed by atoms with Crippen molar-refractivity contribution < 1.29 is 0 Å². The molecule has 0 spiro atoms. The quantitative estimate of drug-likeness (QED) is 0.346. The Kier molecular flexibility index (Phi) is 4.79. The molecule has 0 bridgehead atoms. The molecule has 0 amide bonds. The molecule has 144 valence electrons. The zero-order valence-corrected chi connectivity index (χ0v) is 18.6. The molecule has 2 aromatic heterocycles. The van der Waals surface area contributed by atoms with Gasteiger partial charge in [0.2, 0.25) is 0 Å². The van der Waals surface area contributed by atoms with Gasteiger partial charge in [0.15, 0.2) is 0 Å². The third-order valence-corrected chi connectivity index (χ3v) is 6.75. The first-order valence-electron chi connectivity index (χ1n) is 10.1. The van der Waals surface area contributed by atoms with Crippen molar-refractivity contribution >= 4 is 32.2 Å². The van der Waals surface area contributed by atoms with Crippen LogP contribution in [0.5, 0.6) is 0 Å². The maximum absolute atomic E-state index is 4.85. The normalized spacial score (nSPS) is 12.4. The SMILES string of the molecule is Cc1c(CC(C)(C)C)sc2c(-c3cc(C(C)C)c4ccccc4c3)nccc12. The van der Waals surface area contributed by atoms with Crippen LogP contribution in [0, 0.1) is 12.3 Å². The van der Waals surface area contributed by atoms with Crippen LogP contribution in [0.1, 0.15) is 56.5 Å². The Morgan fingerprint density at radius 1 is 1.00 bits per heavy atom. The summed E-state index contributed by atoms with van der Waals surface area (Å²) in [7, 11) is 0. The van der Waals surface area contributed by atoms with Crippen molar-refractivity contribution in [1.29, 1.82) is 0 Å². The summed E-state index contributed by atoms with van der Waals surface area (Å²) in [6.45, 7) is 13.8. The number of rotatable bonds is 3. The summed E-state index contributed by atoms with van der Waals surface area (Å²) in [5, 5.41) is 4.00. The fourth-order valence-corrected chi connectivity index (χ4v) is 5.62. The number of pyridine rings is 1. The summed E-state index contributed by atoms with van der Waals surface area (Å²) in [5.41, 5.74) is 5.46. The van der Waals surface area contributed by atoms with Gasteiger partial charge in [-0.1, -0.05) is 58.9 Å².